The summed E-state index contributed by atoms with van der Waals surface area (Å²) in [5.74, 6) is 2.26. The van der Waals surface area contributed by atoms with Crippen molar-refractivity contribution < 1.29 is 9.53 Å². The number of amides is 1. The molecule has 0 aliphatic carbocycles. The summed E-state index contributed by atoms with van der Waals surface area (Å²) in [5.41, 5.74) is 1.000. The highest BCUT2D eigenvalue weighted by Crippen LogP contribution is 2.22. The molecule has 3 aliphatic heterocycles. The fraction of sp³-hybridized carbons (Fsp3) is 0.750. The Morgan fingerprint density at radius 2 is 1.61 bits per heavy atom. The van der Waals surface area contributed by atoms with Crippen LogP contribution in [0.3, 0.4) is 0 Å². The van der Waals surface area contributed by atoms with E-state index in [-0.39, 0.29) is 5.92 Å². The number of hydrogen-bond donors (Lipinski definition) is 0. The second-order valence-electron chi connectivity index (χ2n) is 8.16. The molecule has 1 aromatic rings. The molecule has 0 N–H and O–H groups in total. The third-order valence-corrected chi connectivity index (χ3v) is 6.10. The van der Waals surface area contributed by atoms with Crippen molar-refractivity contribution in [3.8, 4) is 0 Å². The van der Waals surface area contributed by atoms with Gasteiger partial charge in [-0.2, -0.15) is 4.98 Å². The van der Waals surface area contributed by atoms with Gasteiger partial charge in [-0.15, -0.1) is 0 Å². The number of aryl methyl sites for hydroxylation is 1. The quantitative estimate of drug-likeness (QED) is 0.752. The van der Waals surface area contributed by atoms with Crippen molar-refractivity contribution in [1.82, 2.24) is 19.8 Å². The van der Waals surface area contributed by atoms with Gasteiger partial charge in [0.05, 0.1) is 0 Å². The van der Waals surface area contributed by atoms with E-state index >= 15 is 0 Å². The van der Waals surface area contributed by atoms with E-state index < -0.39 is 0 Å². The molecule has 8 nitrogen and oxygen atoms in total. The Morgan fingerprint density at radius 1 is 0.964 bits per heavy atom. The van der Waals surface area contributed by atoms with Crippen molar-refractivity contribution in [3.63, 3.8) is 0 Å². The van der Waals surface area contributed by atoms with Crippen molar-refractivity contribution in [2.45, 2.75) is 19.8 Å². The lowest BCUT2D eigenvalue weighted by Crippen LogP contribution is -2.51. The van der Waals surface area contributed by atoms with E-state index in [4.69, 9.17) is 9.72 Å². The summed E-state index contributed by atoms with van der Waals surface area (Å²) in [6.07, 6.45) is 1.71. The minimum Gasteiger partial charge on any atom is -0.381 e. The Kier molecular flexibility index (Phi) is 5.96. The predicted molar refractivity (Wildman–Crippen MR) is 109 cm³/mol. The molecule has 0 spiro atoms. The third-order valence-electron chi connectivity index (χ3n) is 6.10. The van der Waals surface area contributed by atoms with Gasteiger partial charge in [-0.3, -0.25) is 4.79 Å². The van der Waals surface area contributed by atoms with E-state index in [1.807, 2.05) is 11.8 Å². The molecule has 4 rings (SSSR count). The Morgan fingerprint density at radius 3 is 2.29 bits per heavy atom. The van der Waals surface area contributed by atoms with Crippen LogP contribution in [0.1, 0.15) is 18.5 Å². The normalized spacial score (nSPS) is 22.6. The van der Waals surface area contributed by atoms with Gasteiger partial charge in [0, 0.05) is 83.3 Å². The molecular weight excluding hydrogens is 356 g/mol. The number of carbonyl (C=O) groups excluding carboxylic acids is 1. The number of carbonyl (C=O) groups is 1. The molecule has 0 atom stereocenters. The Balaban J connectivity index is 1.38. The van der Waals surface area contributed by atoms with E-state index in [2.05, 4.69) is 32.8 Å². The van der Waals surface area contributed by atoms with Crippen molar-refractivity contribution in [2.75, 3.05) is 82.4 Å². The zero-order chi connectivity index (χ0) is 19.5. The van der Waals surface area contributed by atoms with Crippen LogP contribution in [-0.2, 0) is 9.53 Å². The van der Waals surface area contributed by atoms with Gasteiger partial charge in [-0.1, -0.05) is 0 Å². The van der Waals surface area contributed by atoms with Crippen LogP contribution in [0.25, 0.3) is 0 Å². The summed E-state index contributed by atoms with van der Waals surface area (Å²) in [5, 5.41) is 0. The van der Waals surface area contributed by atoms with Gasteiger partial charge in [0.2, 0.25) is 11.9 Å². The zero-order valence-corrected chi connectivity index (χ0v) is 17.1. The van der Waals surface area contributed by atoms with Crippen LogP contribution < -0.4 is 9.80 Å². The molecule has 0 radical (unpaired) electrons. The summed E-state index contributed by atoms with van der Waals surface area (Å²) >= 11 is 0. The van der Waals surface area contributed by atoms with E-state index in [0.717, 1.165) is 82.7 Å². The highest BCUT2D eigenvalue weighted by molar-refractivity contribution is 5.79. The summed E-state index contributed by atoms with van der Waals surface area (Å²) in [4.78, 5) is 31.2. The minimum atomic E-state index is 0.138. The van der Waals surface area contributed by atoms with E-state index in [1.165, 1.54) is 0 Å². The van der Waals surface area contributed by atoms with Crippen LogP contribution in [0.4, 0.5) is 11.8 Å². The molecule has 3 fully saturated rings. The number of likely N-dealkylation sites (N-methyl/N-ethyl adjacent to an activating group) is 1. The van der Waals surface area contributed by atoms with Gasteiger partial charge in [0.1, 0.15) is 5.82 Å². The van der Waals surface area contributed by atoms with Crippen molar-refractivity contribution in [2.24, 2.45) is 5.92 Å². The topological polar surface area (TPSA) is 65.0 Å². The average molecular weight is 389 g/mol. The third kappa shape index (κ3) is 4.38. The summed E-state index contributed by atoms with van der Waals surface area (Å²) in [6, 6.07) is 2.08. The number of anilines is 2. The average Bonchev–Trinajstić information content (AvgIpc) is 2.74. The lowest BCUT2D eigenvalue weighted by atomic mass is 9.98. The van der Waals surface area contributed by atoms with Crippen molar-refractivity contribution >= 4 is 17.7 Å². The summed E-state index contributed by atoms with van der Waals surface area (Å²) in [6.45, 7) is 10.7. The molecule has 8 heteroatoms. The zero-order valence-electron chi connectivity index (χ0n) is 17.1. The fourth-order valence-electron chi connectivity index (χ4n) is 4.21. The summed E-state index contributed by atoms with van der Waals surface area (Å²) in [7, 11) is 2.16. The predicted octanol–water partition coefficient (Wildman–Crippen LogP) is 0.612. The van der Waals surface area contributed by atoms with Gasteiger partial charge >= 0.3 is 0 Å². The molecular formula is C20H32N6O2. The largest absolute Gasteiger partial charge is 0.381 e. The van der Waals surface area contributed by atoms with Gasteiger partial charge in [0.15, 0.2) is 0 Å². The number of piperazine rings is 2. The Labute approximate surface area is 167 Å². The highest BCUT2D eigenvalue weighted by Gasteiger charge is 2.29. The second-order valence-corrected chi connectivity index (χ2v) is 8.16. The summed E-state index contributed by atoms with van der Waals surface area (Å²) < 4.78 is 5.39. The molecule has 154 valence electrons. The minimum absolute atomic E-state index is 0.138. The molecule has 0 aromatic carbocycles. The van der Waals surface area contributed by atoms with E-state index in [0.29, 0.717) is 19.1 Å². The number of nitrogens with zero attached hydrogens (tertiary/aromatic N) is 6. The molecule has 1 aromatic heterocycles. The monoisotopic (exact) mass is 388 g/mol. The molecule has 0 unspecified atom stereocenters. The van der Waals surface area contributed by atoms with Crippen LogP contribution in [0.15, 0.2) is 6.07 Å². The first-order valence-corrected chi connectivity index (χ1v) is 10.5. The second kappa shape index (κ2) is 8.61. The highest BCUT2D eigenvalue weighted by atomic mass is 16.5. The van der Waals surface area contributed by atoms with Gasteiger partial charge < -0.3 is 24.3 Å². The first-order valence-electron chi connectivity index (χ1n) is 10.5. The maximum Gasteiger partial charge on any atom is 0.227 e. The number of rotatable bonds is 3. The van der Waals surface area contributed by atoms with Gasteiger partial charge in [-0.25, -0.2) is 4.98 Å². The lowest BCUT2D eigenvalue weighted by Gasteiger charge is -2.38. The molecule has 28 heavy (non-hydrogen) atoms. The molecule has 3 saturated heterocycles. The van der Waals surface area contributed by atoms with Crippen LogP contribution in [0.5, 0.6) is 0 Å². The molecule has 3 aliphatic rings. The van der Waals surface area contributed by atoms with Gasteiger partial charge in [-0.05, 0) is 26.8 Å². The first kappa shape index (κ1) is 19.4. The number of hydrogen-bond acceptors (Lipinski definition) is 7. The van der Waals surface area contributed by atoms with Crippen LogP contribution in [0.2, 0.25) is 0 Å². The Bertz CT molecular complexity index is 677. The van der Waals surface area contributed by atoms with Crippen molar-refractivity contribution in [3.05, 3.63) is 11.8 Å². The van der Waals surface area contributed by atoms with Crippen LogP contribution in [-0.4, -0.2) is 98.3 Å². The molecule has 0 bridgehead atoms. The number of ether oxygens (including phenoxy) is 1. The van der Waals surface area contributed by atoms with Gasteiger partial charge in [0.25, 0.3) is 0 Å². The van der Waals surface area contributed by atoms with Crippen molar-refractivity contribution in [1.29, 1.82) is 0 Å². The first-order chi connectivity index (χ1) is 13.6. The van der Waals surface area contributed by atoms with Crippen LogP contribution >= 0.6 is 0 Å². The lowest BCUT2D eigenvalue weighted by molar-refractivity contribution is -0.138. The fourth-order valence-corrected chi connectivity index (χ4v) is 4.21. The molecule has 4 heterocycles. The Hall–Kier alpha value is -1.93. The smallest absolute Gasteiger partial charge is 0.227 e. The molecule has 0 saturated carbocycles. The SMILES string of the molecule is Cc1cc(N2CCN(C)CC2)nc(N2CCN(C(=O)C3CCOCC3)CC2)n1. The number of aromatic nitrogens is 2. The maximum atomic E-state index is 12.7. The van der Waals surface area contributed by atoms with E-state index in [9.17, 15) is 4.79 Å². The molecule has 1 amide bonds. The van der Waals surface area contributed by atoms with Crippen LogP contribution in [0, 0.1) is 12.8 Å². The van der Waals surface area contributed by atoms with E-state index in [1.54, 1.807) is 0 Å². The standard InChI is InChI=1S/C20H32N6O2/c1-16-15-18(24-7-5-23(2)6-8-24)22-20(21-16)26-11-9-25(10-12-26)19(27)17-3-13-28-14-4-17/h15,17H,3-14H2,1-2H3. The maximum absolute atomic E-state index is 12.7.